The van der Waals surface area contributed by atoms with Crippen LogP contribution in [0.5, 0.6) is 11.5 Å². The van der Waals surface area contributed by atoms with Gasteiger partial charge in [0.25, 0.3) is 0 Å². The molecular formula is C23H29NO4. The third-order valence-electron chi connectivity index (χ3n) is 5.66. The zero-order valence-corrected chi connectivity index (χ0v) is 16.6. The quantitative estimate of drug-likeness (QED) is 0.824. The first kappa shape index (κ1) is 19.2. The Kier molecular flexibility index (Phi) is 5.85. The Labute approximate surface area is 166 Å². The van der Waals surface area contributed by atoms with Crippen molar-refractivity contribution in [2.24, 2.45) is 5.92 Å². The van der Waals surface area contributed by atoms with Gasteiger partial charge in [-0.25, -0.2) is 0 Å². The van der Waals surface area contributed by atoms with Gasteiger partial charge < -0.3 is 19.3 Å². The average Bonchev–Trinajstić information content (AvgIpc) is 2.74. The molecule has 2 aromatic carbocycles. The van der Waals surface area contributed by atoms with E-state index in [4.69, 9.17) is 14.2 Å². The van der Waals surface area contributed by atoms with Crippen molar-refractivity contribution in [2.75, 3.05) is 33.0 Å². The highest BCUT2D eigenvalue weighted by Crippen LogP contribution is 2.47. The van der Waals surface area contributed by atoms with Crippen LogP contribution in [-0.2, 0) is 11.2 Å². The minimum Gasteiger partial charge on any atom is -0.490 e. The molecule has 5 nitrogen and oxygen atoms in total. The highest BCUT2D eigenvalue weighted by Gasteiger charge is 2.42. The fraction of sp³-hybridized carbons (Fsp3) is 0.478. The van der Waals surface area contributed by atoms with Gasteiger partial charge in [-0.05, 0) is 49.1 Å². The molecule has 1 N–H and O–H groups in total. The highest BCUT2D eigenvalue weighted by molar-refractivity contribution is 5.50. The van der Waals surface area contributed by atoms with Gasteiger partial charge in [0.15, 0.2) is 11.5 Å². The number of hydrogen-bond acceptors (Lipinski definition) is 5. The number of ether oxygens (including phenoxy) is 3. The summed E-state index contributed by atoms with van der Waals surface area (Å²) in [6.07, 6.45) is 0.827. The van der Waals surface area contributed by atoms with Gasteiger partial charge in [0.2, 0.25) is 0 Å². The van der Waals surface area contributed by atoms with E-state index in [1.807, 2.05) is 32.0 Å². The largest absolute Gasteiger partial charge is 0.490 e. The van der Waals surface area contributed by atoms with Crippen molar-refractivity contribution in [1.29, 1.82) is 0 Å². The van der Waals surface area contributed by atoms with Crippen molar-refractivity contribution >= 4 is 0 Å². The Morgan fingerprint density at radius 2 is 1.79 bits per heavy atom. The molecule has 2 aliphatic heterocycles. The van der Waals surface area contributed by atoms with Crippen molar-refractivity contribution in [3.8, 4) is 11.5 Å². The summed E-state index contributed by atoms with van der Waals surface area (Å²) in [5.74, 6) is 1.62. The number of aliphatic hydroxyl groups excluding tert-OH is 1. The molecule has 0 bridgehead atoms. The molecule has 2 aliphatic rings. The fourth-order valence-electron chi connectivity index (χ4n) is 4.46. The third-order valence-corrected chi connectivity index (χ3v) is 5.66. The summed E-state index contributed by atoms with van der Waals surface area (Å²) in [7, 11) is 0. The lowest BCUT2D eigenvalue weighted by Crippen LogP contribution is -2.48. The standard InChI is InChI=1S/C23H29NO4/c1-3-26-20-12-17-10-11-24-22(19(17)13-21(20)27-4-2)18(14-25)15-28-23(24)16-8-6-5-7-9-16/h5-9,12-13,18,22-23,25H,3-4,10-11,14-15H2,1-2H3. The Balaban J connectivity index is 1.75. The first-order chi connectivity index (χ1) is 13.8. The molecule has 3 atom stereocenters. The highest BCUT2D eigenvalue weighted by atomic mass is 16.5. The lowest BCUT2D eigenvalue weighted by Gasteiger charge is -2.49. The Morgan fingerprint density at radius 1 is 1.07 bits per heavy atom. The normalized spacial score (nSPS) is 24.3. The van der Waals surface area contributed by atoms with Crippen LogP contribution in [0.3, 0.4) is 0 Å². The number of aliphatic hydroxyl groups is 1. The second kappa shape index (κ2) is 8.52. The molecule has 1 saturated heterocycles. The van der Waals surface area contributed by atoms with E-state index in [1.54, 1.807) is 0 Å². The number of hydrogen-bond donors (Lipinski definition) is 1. The summed E-state index contributed by atoms with van der Waals surface area (Å²) in [6, 6.07) is 14.7. The van der Waals surface area contributed by atoms with Crippen LogP contribution in [0.25, 0.3) is 0 Å². The summed E-state index contributed by atoms with van der Waals surface area (Å²) >= 11 is 0. The Hall–Kier alpha value is -2.08. The molecule has 5 heteroatoms. The van der Waals surface area contributed by atoms with Crippen LogP contribution in [0.15, 0.2) is 42.5 Å². The monoisotopic (exact) mass is 383 g/mol. The lowest BCUT2D eigenvalue weighted by molar-refractivity contribution is -0.166. The molecule has 0 saturated carbocycles. The van der Waals surface area contributed by atoms with E-state index in [2.05, 4.69) is 29.2 Å². The molecule has 0 aliphatic carbocycles. The Bertz CT molecular complexity index is 795. The van der Waals surface area contributed by atoms with Crippen LogP contribution in [0.4, 0.5) is 0 Å². The average molecular weight is 383 g/mol. The zero-order valence-electron chi connectivity index (χ0n) is 16.6. The van der Waals surface area contributed by atoms with E-state index in [-0.39, 0.29) is 24.8 Å². The maximum absolute atomic E-state index is 10.1. The van der Waals surface area contributed by atoms with E-state index >= 15 is 0 Å². The van der Waals surface area contributed by atoms with Crippen molar-refractivity contribution < 1.29 is 19.3 Å². The summed E-state index contributed by atoms with van der Waals surface area (Å²) in [4.78, 5) is 2.39. The summed E-state index contributed by atoms with van der Waals surface area (Å²) in [5.41, 5.74) is 3.66. The second-order valence-electron chi connectivity index (χ2n) is 7.34. The fourth-order valence-corrected chi connectivity index (χ4v) is 4.46. The van der Waals surface area contributed by atoms with Gasteiger partial charge in [0.05, 0.1) is 19.8 Å². The van der Waals surface area contributed by atoms with Crippen LogP contribution in [0.2, 0.25) is 0 Å². The van der Waals surface area contributed by atoms with Gasteiger partial charge in [-0.3, -0.25) is 4.90 Å². The molecule has 0 amide bonds. The van der Waals surface area contributed by atoms with Crippen molar-refractivity contribution in [1.82, 2.24) is 4.90 Å². The minimum atomic E-state index is -0.0933. The SMILES string of the molecule is CCOc1cc2c(cc1OCC)C1C(CO)COC(c3ccccc3)N1CC2. The van der Waals surface area contributed by atoms with Crippen molar-refractivity contribution in [3.05, 3.63) is 59.2 Å². The lowest BCUT2D eigenvalue weighted by atomic mass is 9.83. The molecule has 28 heavy (non-hydrogen) atoms. The van der Waals surface area contributed by atoms with Crippen LogP contribution in [0.1, 0.15) is 42.8 Å². The van der Waals surface area contributed by atoms with Gasteiger partial charge in [-0.1, -0.05) is 30.3 Å². The third kappa shape index (κ3) is 3.50. The molecule has 0 radical (unpaired) electrons. The van der Waals surface area contributed by atoms with Crippen LogP contribution in [0, 0.1) is 5.92 Å². The van der Waals surface area contributed by atoms with Crippen LogP contribution < -0.4 is 9.47 Å². The molecule has 1 fully saturated rings. The molecular weight excluding hydrogens is 354 g/mol. The van der Waals surface area contributed by atoms with Crippen molar-refractivity contribution in [3.63, 3.8) is 0 Å². The van der Waals surface area contributed by atoms with E-state index in [9.17, 15) is 5.11 Å². The smallest absolute Gasteiger partial charge is 0.161 e. The van der Waals surface area contributed by atoms with Crippen molar-refractivity contribution in [2.45, 2.75) is 32.5 Å². The van der Waals surface area contributed by atoms with Gasteiger partial charge >= 0.3 is 0 Å². The van der Waals surface area contributed by atoms with Gasteiger partial charge in [0.1, 0.15) is 6.23 Å². The first-order valence-electron chi connectivity index (χ1n) is 10.2. The van der Waals surface area contributed by atoms with Gasteiger partial charge in [0, 0.05) is 25.1 Å². The first-order valence-corrected chi connectivity index (χ1v) is 10.2. The van der Waals surface area contributed by atoms with Crippen LogP contribution in [-0.4, -0.2) is 43.0 Å². The molecule has 0 spiro atoms. The molecule has 4 rings (SSSR count). The number of nitrogens with zero attached hydrogens (tertiary/aromatic N) is 1. The van der Waals surface area contributed by atoms with E-state index in [1.165, 1.54) is 11.1 Å². The van der Waals surface area contributed by atoms with E-state index in [0.717, 1.165) is 30.0 Å². The second-order valence-corrected chi connectivity index (χ2v) is 7.34. The summed E-state index contributed by atoms with van der Waals surface area (Å²) in [6.45, 7) is 6.68. The number of fused-ring (bicyclic) bond motifs is 3. The van der Waals surface area contributed by atoms with Gasteiger partial charge in [-0.15, -0.1) is 0 Å². The predicted molar refractivity (Wildman–Crippen MR) is 108 cm³/mol. The molecule has 3 unspecified atom stereocenters. The maximum Gasteiger partial charge on any atom is 0.161 e. The van der Waals surface area contributed by atoms with Gasteiger partial charge in [-0.2, -0.15) is 0 Å². The molecule has 150 valence electrons. The van der Waals surface area contributed by atoms with E-state index in [0.29, 0.717) is 19.8 Å². The summed E-state index contributed by atoms with van der Waals surface area (Å²) in [5, 5.41) is 10.1. The summed E-state index contributed by atoms with van der Waals surface area (Å²) < 4.78 is 17.9. The minimum absolute atomic E-state index is 0.0337. The molecule has 2 aromatic rings. The molecule has 0 aromatic heterocycles. The molecule has 2 heterocycles. The van der Waals surface area contributed by atoms with E-state index < -0.39 is 0 Å². The topological polar surface area (TPSA) is 51.2 Å². The number of rotatable bonds is 6. The van der Waals surface area contributed by atoms with Crippen LogP contribution >= 0.6 is 0 Å². The predicted octanol–water partition coefficient (Wildman–Crippen LogP) is 3.72. The maximum atomic E-state index is 10.1. The Morgan fingerprint density at radius 3 is 2.46 bits per heavy atom. The number of benzene rings is 2. The zero-order chi connectivity index (χ0) is 19.5.